The molecule has 0 bridgehead atoms. The van der Waals surface area contributed by atoms with Gasteiger partial charge >= 0.3 is 6.02 Å². The first-order valence-corrected chi connectivity index (χ1v) is 2.99. The Kier molecular flexibility index (Phi) is 1.77. The summed E-state index contributed by atoms with van der Waals surface area (Å²) >= 11 is 0. The fraction of sp³-hybridized carbons (Fsp3) is 0.800. The van der Waals surface area contributed by atoms with Crippen LogP contribution in [0.1, 0.15) is 6.92 Å². The van der Waals surface area contributed by atoms with Crippen molar-refractivity contribution in [2.75, 3.05) is 20.3 Å². The lowest BCUT2D eigenvalue weighted by Gasteiger charge is -2.10. The topological polar surface area (TPSA) is 36.9 Å². The van der Waals surface area contributed by atoms with Crippen LogP contribution in [0.5, 0.6) is 0 Å². The molecule has 0 amide bonds. The van der Waals surface area contributed by atoms with Gasteiger partial charge in [-0.15, -0.1) is 5.10 Å². The van der Waals surface area contributed by atoms with E-state index in [0.717, 1.165) is 6.67 Å². The fourth-order valence-electron chi connectivity index (χ4n) is 0.634. The molecule has 0 radical (unpaired) electrons. The van der Waals surface area contributed by atoms with Gasteiger partial charge in [0.1, 0.15) is 6.67 Å². The molecule has 0 unspecified atom stereocenters. The van der Waals surface area contributed by atoms with E-state index in [0.29, 0.717) is 12.6 Å². The Morgan fingerprint density at radius 3 is 3.11 bits per heavy atom. The van der Waals surface area contributed by atoms with Gasteiger partial charge < -0.3 is 9.64 Å². The third-order valence-corrected chi connectivity index (χ3v) is 1.08. The normalized spacial score (nSPS) is 17.1. The number of amidine groups is 1. The molecule has 1 aliphatic rings. The Morgan fingerprint density at radius 2 is 2.67 bits per heavy atom. The predicted molar refractivity (Wildman–Crippen MR) is 34.8 cm³/mol. The fourth-order valence-corrected chi connectivity index (χ4v) is 0.634. The Morgan fingerprint density at radius 1 is 1.89 bits per heavy atom. The van der Waals surface area contributed by atoms with E-state index >= 15 is 0 Å². The van der Waals surface area contributed by atoms with Gasteiger partial charge in [-0.25, -0.2) is 0 Å². The summed E-state index contributed by atoms with van der Waals surface area (Å²) in [6.07, 6.45) is 0. The standard InChI is InChI=1S/C5H11N3O/c1-3-9-5-7-6-4-8(5)2/h6H,3-4H2,1-2H3. The zero-order chi connectivity index (χ0) is 6.69. The SMILES string of the molecule is CCOC1=NNCN1C. The predicted octanol–water partition coefficient (Wildman–Crippen LogP) is -0.214. The molecule has 4 heteroatoms. The quantitative estimate of drug-likeness (QED) is 0.532. The maximum atomic E-state index is 5.13. The van der Waals surface area contributed by atoms with E-state index < -0.39 is 0 Å². The van der Waals surface area contributed by atoms with E-state index in [9.17, 15) is 0 Å². The first-order chi connectivity index (χ1) is 4.34. The molecule has 9 heavy (non-hydrogen) atoms. The molecule has 4 nitrogen and oxygen atoms in total. The third kappa shape index (κ3) is 1.25. The minimum atomic E-state index is 0.671. The lowest BCUT2D eigenvalue weighted by molar-refractivity contribution is 0.274. The zero-order valence-electron chi connectivity index (χ0n) is 5.72. The average Bonchev–Trinajstić information content (AvgIpc) is 2.18. The van der Waals surface area contributed by atoms with Gasteiger partial charge in [0.2, 0.25) is 0 Å². The van der Waals surface area contributed by atoms with Gasteiger partial charge in [0, 0.05) is 7.05 Å². The van der Waals surface area contributed by atoms with Crippen LogP contribution in [0.2, 0.25) is 0 Å². The smallest absolute Gasteiger partial charge is 0.310 e. The molecular formula is C5H11N3O. The lowest BCUT2D eigenvalue weighted by atomic mass is 10.8. The van der Waals surface area contributed by atoms with E-state index in [1.54, 1.807) is 0 Å². The third-order valence-electron chi connectivity index (χ3n) is 1.08. The van der Waals surface area contributed by atoms with Crippen molar-refractivity contribution in [3.8, 4) is 0 Å². The van der Waals surface area contributed by atoms with Gasteiger partial charge in [-0.2, -0.15) is 0 Å². The second kappa shape index (κ2) is 2.57. The van der Waals surface area contributed by atoms with Gasteiger partial charge in [-0.05, 0) is 6.92 Å². The maximum absolute atomic E-state index is 5.13. The van der Waals surface area contributed by atoms with Gasteiger partial charge in [0.15, 0.2) is 0 Å². The minimum Gasteiger partial charge on any atom is -0.464 e. The zero-order valence-corrected chi connectivity index (χ0v) is 5.72. The molecule has 0 aliphatic carbocycles. The molecule has 1 aliphatic heterocycles. The molecule has 0 aromatic heterocycles. The monoisotopic (exact) mass is 129 g/mol. The van der Waals surface area contributed by atoms with Crippen molar-refractivity contribution < 1.29 is 4.74 Å². The maximum Gasteiger partial charge on any atom is 0.310 e. The second-order valence-electron chi connectivity index (χ2n) is 1.84. The highest BCUT2D eigenvalue weighted by Gasteiger charge is 2.11. The van der Waals surface area contributed by atoms with Crippen LogP contribution in [-0.2, 0) is 4.74 Å². The van der Waals surface area contributed by atoms with E-state index in [-0.39, 0.29) is 0 Å². The van der Waals surface area contributed by atoms with Crippen LogP contribution < -0.4 is 5.43 Å². The molecule has 0 atom stereocenters. The van der Waals surface area contributed by atoms with Gasteiger partial charge in [-0.1, -0.05) is 0 Å². The molecule has 52 valence electrons. The Balaban J connectivity index is 2.38. The lowest BCUT2D eigenvalue weighted by Crippen LogP contribution is -2.26. The van der Waals surface area contributed by atoms with Crippen LogP contribution in [0.15, 0.2) is 5.10 Å². The largest absolute Gasteiger partial charge is 0.464 e. The summed E-state index contributed by atoms with van der Waals surface area (Å²) in [4.78, 5) is 1.91. The first kappa shape index (κ1) is 6.19. The Hall–Kier alpha value is -0.930. The van der Waals surface area contributed by atoms with Crippen molar-refractivity contribution in [2.45, 2.75) is 6.92 Å². The first-order valence-electron chi connectivity index (χ1n) is 2.99. The van der Waals surface area contributed by atoms with Gasteiger partial charge in [-0.3, -0.25) is 5.43 Å². The molecule has 1 heterocycles. The van der Waals surface area contributed by atoms with E-state index in [1.807, 2.05) is 18.9 Å². The van der Waals surface area contributed by atoms with Crippen LogP contribution in [0.4, 0.5) is 0 Å². The van der Waals surface area contributed by atoms with Crippen molar-refractivity contribution in [1.29, 1.82) is 0 Å². The van der Waals surface area contributed by atoms with Crippen LogP contribution in [0, 0.1) is 0 Å². The van der Waals surface area contributed by atoms with Crippen LogP contribution >= 0.6 is 0 Å². The summed E-state index contributed by atoms with van der Waals surface area (Å²) in [6, 6.07) is 0.678. The van der Waals surface area contributed by atoms with Gasteiger partial charge in [0.25, 0.3) is 0 Å². The molecule has 0 fully saturated rings. The van der Waals surface area contributed by atoms with E-state index in [4.69, 9.17) is 4.74 Å². The molecule has 1 N–H and O–H groups in total. The molecule has 1 rings (SSSR count). The molecular weight excluding hydrogens is 118 g/mol. The molecule has 0 spiro atoms. The summed E-state index contributed by atoms with van der Waals surface area (Å²) in [7, 11) is 1.93. The van der Waals surface area contributed by atoms with Crippen molar-refractivity contribution in [3.63, 3.8) is 0 Å². The number of nitrogens with zero attached hydrogens (tertiary/aromatic N) is 2. The highest BCUT2D eigenvalue weighted by Crippen LogP contribution is 1.93. The van der Waals surface area contributed by atoms with E-state index in [2.05, 4.69) is 10.5 Å². The molecule has 0 saturated carbocycles. The average molecular weight is 129 g/mol. The minimum absolute atomic E-state index is 0.671. The highest BCUT2D eigenvalue weighted by molar-refractivity contribution is 5.74. The Bertz CT molecular complexity index is 123. The van der Waals surface area contributed by atoms with Crippen LogP contribution in [0.25, 0.3) is 0 Å². The van der Waals surface area contributed by atoms with Crippen LogP contribution in [-0.4, -0.2) is 31.2 Å². The number of hydrazone groups is 1. The second-order valence-corrected chi connectivity index (χ2v) is 1.84. The van der Waals surface area contributed by atoms with Crippen LogP contribution in [0.3, 0.4) is 0 Å². The summed E-state index contributed by atoms with van der Waals surface area (Å²) in [6.45, 7) is 3.36. The van der Waals surface area contributed by atoms with Crippen molar-refractivity contribution in [3.05, 3.63) is 0 Å². The van der Waals surface area contributed by atoms with Crippen molar-refractivity contribution in [2.24, 2.45) is 5.10 Å². The number of rotatable bonds is 1. The number of ether oxygens (including phenoxy) is 1. The van der Waals surface area contributed by atoms with Gasteiger partial charge in [0.05, 0.1) is 6.61 Å². The number of nitrogens with one attached hydrogen (secondary N) is 1. The summed E-state index contributed by atoms with van der Waals surface area (Å²) in [5.74, 6) is 0. The van der Waals surface area contributed by atoms with E-state index in [1.165, 1.54) is 0 Å². The summed E-state index contributed by atoms with van der Waals surface area (Å²) in [5.41, 5.74) is 2.80. The summed E-state index contributed by atoms with van der Waals surface area (Å²) in [5, 5.41) is 3.88. The number of hydrogen-bond donors (Lipinski definition) is 1. The Labute approximate surface area is 54.5 Å². The highest BCUT2D eigenvalue weighted by atomic mass is 16.5. The van der Waals surface area contributed by atoms with Crippen molar-refractivity contribution in [1.82, 2.24) is 10.3 Å². The molecule has 0 saturated heterocycles. The molecule has 0 aromatic carbocycles. The number of hydrogen-bond acceptors (Lipinski definition) is 4. The summed E-state index contributed by atoms with van der Waals surface area (Å²) < 4.78 is 5.13. The van der Waals surface area contributed by atoms with Crippen molar-refractivity contribution >= 4 is 6.02 Å². The molecule has 0 aromatic rings.